The number of nitrogens with one attached hydrogen (secondary N) is 1. The van der Waals surface area contributed by atoms with Gasteiger partial charge in [0.05, 0.1) is 20.6 Å². The Morgan fingerprint density at radius 1 is 0.822 bits per heavy atom. The van der Waals surface area contributed by atoms with Gasteiger partial charge in [-0.1, -0.05) is 88.9 Å². The van der Waals surface area contributed by atoms with Crippen LogP contribution in [0.2, 0.25) is 15.1 Å². The molecule has 0 fully saturated rings. The minimum Gasteiger partial charge on any atom is -0.355 e. The average Bonchev–Trinajstić information content (AvgIpc) is 3.00. The third-order valence-electron chi connectivity index (χ3n) is 7.27. The van der Waals surface area contributed by atoms with Crippen molar-refractivity contribution in [1.82, 2.24) is 10.2 Å². The summed E-state index contributed by atoms with van der Waals surface area (Å²) in [5, 5.41) is 3.90. The number of rotatable bonds is 12. The molecular formula is C34H34Cl3N3O4S. The van der Waals surface area contributed by atoms with Crippen LogP contribution >= 0.6 is 34.8 Å². The van der Waals surface area contributed by atoms with Gasteiger partial charge in [-0.2, -0.15) is 0 Å². The Morgan fingerprint density at radius 3 is 2.13 bits per heavy atom. The second kappa shape index (κ2) is 15.1. The number of hydrogen-bond donors (Lipinski definition) is 1. The third kappa shape index (κ3) is 8.58. The first-order valence-electron chi connectivity index (χ1n) is 14.3. The monoisotopic (exact) mass is 685 g/mol. The number of carbonyl (C=O) groups excluding carboxylic acids is 2. The van der Waals surface area contributed by atoms with E-state index in [0.717, 1.165) is 15.4 Å². The van der Waals surface area contributed by atoms with E-state index in [-0.39, 0.29) is 23.8 Å². The van der Waals surface area contributed by atoms with E-state index in [1.54, 1.807) is 62.4 Å². The number of sulfonamides is 1. The molecule has 0 spiro atoms. The van der Waals surface area contributed by atoms with Crippen LogP contribution in [-0.2, 0) is 32.6 Å². The van der Waals surface area contributed by atoms with Crippen molar-refractivity contribution >= 4 is 62.3 Å². The highest BCUT2D eigenvalue weighted by Crippen LogP contribution is 2.30. The molecule has 7 nitrogen and oxygen atoms in total. The van der Waals surface area contributed by atoms with Crippen molar-refractivity contribution in [2.24, 2.45) is 0 Å². The van der Waals surface area contributed by atoms with Crippen molar-refractivity contribution in [2.75, 3.05) is 17.4 Å². The van der Waals surface area contributed by atoms with Gasteiger partial charge in [-0.25, -0.2) is 8.42 Å². The minimum atomic E-state index is -4.23. The van der Waals surface area contributed by atoms with Gasteiger partial charge in [-0.15, -0.1) is 0 Å². The van der Waals surface area contributed by atoms with Gasteiger partial charge >= 0.3 is 0 Å². The zero-order chi connectivity index (χ0) is 32.7. The molecule has 0 aliphatic carbocycles. The molecule has 236 valence electrons. The van der Waals surface area contributed by atoms with E-state index in [1.807, 2.05) is 37.3 Å². The van der Waals surface area contributed by atoms with Crippen molar-refractivity contribution in [1.29, 1.82) is 0 Å². The van der Waals surface area contributed by atoms with Gasteiger partial charge in [0.25, 0.3) is 10.0 Å². The van der Waals surface area contributed by atoms with E-state index in [1.165, 1.54) is 17.0 Å². The van der Waals surface area contributed by atoms with Crippen LogP contribution in [0.15, 0.2) is 95.9 Å². The zero-order valence-corrected chi connectivity index (χ0v) is 28.2. The third-order valence-corrected chi connectivity index (χ3v) is 10.0. The van der Waals surface area contributed by atoms with Crippen LogP contribution < -0.4 is 9.62 Å². The summed E-state index contributed by atoms with van der Waals surface area (Å²) in [6, 6.07) is 24.5. The molecule has 0 bridgehead atoms. The molecule has 1 atom stereocenters. The van der Waals surface area contributed by atoms with Crippen LogP contribution in [-0.4, -0.2) is 44.3 Å². The summed E-state index contributed by atoms with van der Waals surface area (Å²) in [5.74, 6) is -0.955. The predicted molar refractivity (Wildman–Crippen MR) is 182 cm³/mol. The quantitative estimate of drug-likeness (QED) is 0.170. The molecule has 0 aliphatic rings. The second-order valence-electron chi connectivity index (χ2n) is 10.6. The maximum Gasteiger partial charge on any atom is 0.264 e. The lowest BCUT2D eigenvalue weighted by atomic mass is 10.0. The number of aryl methyl sites for hydroxylation is 2. The van der Waals surface area contributed by atoms with Crippen LogP contribution in [0.5, 0.6) is 0 Å². The topological polar surface area (TPSA) is 86.8 Å². The van der Waals surface area contributed by atoms with Gasteiger partial charge in [-0.3, -0.25) is 13.9 Å². The van der Waals surface area contributed by atoms with Gasteiger partial charge in [0.1, 0.15) is 12.6 Å². The molecule has 2 amide bonds. The summed E-state index contributed by atoms with van der Waals surface area (Å²) in [4.78, 5) is 29.5. The number of anilines is 1. The van der Waals surface area contributed by atoms with Crippen LogP contribution in [0, 0.1) is 13.8 Å². The number of likely N-dealkylation sites (N-methyl/N-ethyl adjacent to an activating group) is 1. The van der Waals surface area contributed by atoms with Crippen molar-refractivity contribution < 1.29 is 18.0 Å². The fraction of sp³-hybridized carbons (Fsp3) is 0.235. The van der Waals surface area contributed by atoms with E-state index < -0.39 is 28.5 Å². The normalized spacial score (nSPS) is 12.0. The molecule has 1 N–H and O–H groups in total. The van der Waals surface area contributed by atoms with Gasteiger partial charge < -0.3 is 10.2 Å². The molecule has 4 aromatic rings. The van der Waals surface area contributed by atoms with Crippen molar-refractivity contribution in [2.45, 2.75) is 44.7 Å². The molecule has 4 aromatic carbocycles. The lowest BCUT2D eigenvalue weighted by Gasteiger charge is -2.34. The first-order chi connectivity index (χ1) is 21.4. The summed E-state index contributed by atoms with van der Waals surface area (Å²) < 4.78 is 29.4. The molecule has 0 heterocycles. The molecular weight excluding hydrogens is 653 g/mol. The van der Waals surface area contributed by atoms with Gasteiger partial charge in [0.2, 0.25) is 11.8 Å². The summed E-state index contributed by atoms with van der Waals surface area (Å²) in [6.45, 7) is 5.12. The summed E-state index contributed by atoms with van der Waals surface area (Å²) in [7, 11) is -4.23. The maximum atomic E-state index is 14.5. The predicted octanol–water partition coefficient (Wildman–Crippen LogP) is 7.24. The molecule has 45 heavy (non-hydrogen) atoms. The van der Waals surface area contributed by atoms with Gasteiger partial charge in [0, 0.05) is 24.5 Å². The van der Waals surface area contributed by atoms with E-state index in [9.17, 15) is 18.0 Å². The van der Waals surface area contributed by atoms with Gasteiger partial charge in [-0.05, 0) is 79.9 Å². The average molecular weight is 687 g/mol. The number of hydrogen-bond acceptors (Lipinski definition) is 4. The SMILES string of the molecule is CCNC(=O)[C@@H](Cc1ccccc1)N(Cc1ccc(Cl)c(Cl)c1)C(=O)CN(c1ccc(Cl)cc1C)S(=O)(=O)c1ccc(C)cc1. The molecule has 0 saturated heterocycles. The van der Waals surface area contributed by atoms with E-state index >= 15 is 0 Å². The van der Waals surface area contributed by atoms with E-state index in [2.05, 4.69) is 5.32 Å². The highest BCUT2D eigenvalue weighted by Gasteiger charge is 2.35. The Morgan fingerprint density at radius 2 is 1.51 bits per heavy atom. The van der Waals surface area contributed by atoms with Crippen LogP contribution in [0.4, 0.5) is 5.69 Å². The van der Waals surface area contributed by atoms with Gasteiger partial charge in [0.15, 0.2) is 0 Å². The highest BCUT2D eigenvalue weighted by molar-refractivity contribution is 7.92. The fourth-order valence-corrected chi connectivity index (χ4v) is 6.96. The van der Waals surface area contributed by atoms with Crippen LogP contribution in [0.3, 0.4) is 0 Å². The second-order valence-corrected chi connectivity index (χ2v) is 13.7. The molecule has 0 unspecified atom stereocenters. The molecule has 0 aliphatic heterocycles. The Kier molecular flexibility index (Phi) is 11.6. The first-order valence-corrected chi connectivity index (χ1v) is 16.9. The van der Waals surface area contributed by atoms with Crippen molar-refractivity contribution in [3.63, 3.8) is 0 Å². The zero-order valence-electron chi connectivity index (χ0n) is 25.1. The molecule has 11 heteroatoms. The van der Waals surface area contributed by atoms with Crippen molar-refractivity contribution in [3.8, 4) is 0 Å². The standard InChI is InChI=1S/C34H34Cl3N3O4S/c1-4-38-34(42)32(20-25-8-6-5-7-9-25)39(21-26-12-16-29(36)30(37)19-26)33(41)22-40(31-17-13-27(35)18-24(31)3)45(43,44)28-14-10-23(2)11-15-28/h5-19,32H,4,20-22H2,1-3H3,(H,38,42)/t32-/m1/s1. The Bertz CT molecular complexity index is 1770. The van der Waals surface area contributed by atoms with Crippen LogP contribution in [0.25, 0.3) is 0 Å². The lowest BCUT2D eigenvalue weighted by molar-refractivity contribution is -0.140. The van der Waals surface area contributed by atoms with Crippen molar-refractivity contribution in [3.05, 3.63) is 128 Å². The Labute approximate surface area is 279 Å². The Hall–Kier alpha value is -3.56. The number of halogens is 3. The number of carbonyl (C=O) groups is 2. The first kappa shape index (κ1) is 34.3. The number of amides is 2. The maximum absolute atomic E-state index is 14.5. The fourth-order valence-electron chi connectivity index (χ4n) is 4.93. The molecule has 4 rings (SSSR count). The van der Waals surface area contributed by atoms with E-state index in [0.29, 0.717) is 38.4 Å². The molecule has 0 aromatic heterocycles. The smallest absolute Gasteiger partial charge is 0.264 e. The highest BCUT2D eigenvalue weighted by atomic mass is 35.5. The number of benzene rings is 4. The summed E-state index contributed by atoms with van der Waals surface area (Å²) in [5.41, 5.74) is 3.19. The molecule has 0 saturated carbocycles. The summed E-state index contributed by atoms with van der Waals surface area (Å²) in [6.07, 6.45) is 0.199. The summed E-state index contributed by atoms with van der Waals surface area (Å²) >= 11 is 18.7. The van der Waals surface area contributed by atoms with Crippen LogP contribution in [0.1, 0.15) is 29.2 Å². The largest absolute Gasteiger partial charge is 0.355 e. The Balaban J connectivity index is 1.83. The number of nitrogens with zero attached hydrogens (tertiary/aromatic N) is 2. The van der Waals surface area contributed by atoms with E-state index in [4.69, 9.17) is 34.8 Å². The molecule has 0 radical (unpaired) electrons. The lowest BCUT2D eigenvalue weighted by Crippen LogP contribution is -2.53. The minimum absolute atomic E-state index is 0.0239.